The lowest BCUT2D eigenvalue weighted by atomic mass is 10.0. The third-order valence-electron chi connectivity index (χ3n) is 2.52. The summed E-state index contributed by atoms with van der Waals surface area (Å²) in [4.78, 5) is 7.48. The van der Waals surface area contributed by atoms with Gasteiger partial charge in [0.1, 0.15) is 6.33 Å². The van der Waals surface area contributed by atoms with Crippen LogP contribution in [-0.2, 0) is 5.41 Å². The molecule has 1 atom stereocenters. The predicted octanol–water partition coefficient (Wildman–Crippen LogP) is 0.712. The molecule has 1 aromatic rings. The van der Waals surface area contributed by atoms with E-state index in [4.69, 9.17) is 5.73 Å². The van der Waals surface area contributed by atoms with Crippen molar-refractivity contribution in [3.05, 3.63) is 24.3 Å². The number of rotatable bonds is 2. The number of halogens is 2. The molecular weight excluding hydrogens is 176 g/mol. The zero-order valence-corrected chi connectivity index (χ0v) is 6.87. The molecule has 0 spiro atoms. The molecule has 0 aliphatic heterocycles. The number of alkyl halides is 2. The van der Waals surface area contributed by atoms with Crippen LogP contribution in [0.2, 0.25) is 0 Å². The Morgan fingerprint density at radius 1 is 1.54 bits per heavy atom. The van der Waals surface area contributed by atoms with E-state index < -0.39 is 11.3 Å². The molecule has 1 unspecified atom stereocenters. The van der Waals surface area contributed by atoms with Crippen LogP contribution in [0.1, 0.15) is 12.1 Å². The van der Waals surface area contributed by atoms with E-state index >= 15 is 0 Å². The van der Waals surface area contributed by atoms with Gasteiger partial charge in [-0.25, -0.2) is 18.7 Å². The molecule has 2 N–H and O–H groups in total. The molecule has 1 aliphatic rings. The first kappa shape index (κ1) is 8.50. The van der Waals surface area contributed by atoms with Gasteiger partial charge in [-0.05, 0) is 6.07 Å². The van der Waals surface area contributed by atoms with Crippen LogP contribution in [0.25, 0.3) is 0 Å². The van der Waals surface area contributed by atoms with Crippen molar-refractivity contribution in [1.82, 2.24) is 9.97 Å². The summed E-state index contributed by atoms with van der Waals surface area (Å²) in [6.07, 6.45) is 2.52. The first-order valence-corrected chi connectivity index (χ1v) is 3.97. The monoisotopic (exact) mass is 185 g/mol. The summed E-state index contributed by atoms with van der Waals surface area (Å²) in [5, 5.41) is 0. The van der Waals surface area contributed by atoms with Crippen LogP contribution in [0.4, 0.5) is 8.78 Å². The van der Waals surface area contributed by atoms with E-state index in [1.54, 1.807) is 0 Å². The van der Waals surface area contributed by atoms with Crippen LogP contribution in [0.5, 0.6) is 0 Å². The van der Waals surface area contributed by atoms with Gasteiger partial charge in [-0.1, -0.05) is 0 Å². The van der Waals surface area contributed by atoms with Gasteiger partial charge in [0.2, 0.25) is 0 Å². The second kappa shape index (κ2) is 2.45. The number of nitrogens with zero attached hydrogens (tertiary/aromatic N) is 2. The second-order valence-electron chi connectivity index (χ2n) is 3.26. The molecule has 1 aliphatic carbocycles. The highest BCUT2D eigenvalue weighted by molar-refractivity contribution is 5.32. The van der Waals surface area contributed by atoms with Gasteiger partial charge in [-0.15, -0.1) is 0 Å². The molecule has 5 heteroatoms. The third kappa shape index (κ3) is 1.03. The largest absolute Gasteiger partial charge is 0.329 e. The topological polar surface area (TPSA) is 51.8 Å². The molecule has 1 saturated carbocycles. The number of hydrogen-bond acceptors (Lipinski definition) is 3. The Labute approximate surface area is 74.0 Å². The van der Waals surface area contributed by atoms with Gasteiger partial charge in [0, 0.05) is 19.2 Å². The molecule has 3 nitrogen and oxygen atoms in total. The summed E-state index contributed by atoms with van der Waals surface area (Å²) in [6.45, 7) is -0.0724. The Kier molecular flexibility index (Phi) is 1.60. The van der Waals surface area contributed by atoms with Crippen LogP contribution >= 0.6 is 0 Å². The lowest BCUT2D eigenvalue weighted by Gasteiger charge is -2.11. The van der Waals surface area contributed by atoms with Gasteiger partial charge in [-0.3, -0.25) is 0 Å². The highest BCUT2D eigenvalue weighted by Gasteiger charge is 2.72. The van der Waals surface area contributed by atoms with E-state index in [2.05, 4.69) is 9.97 Å². The molecule has 13 heavy (non-hydrogen) atoms. The van der Waals surface area contributed by atoms with Crippen molar-refractivity contribution in [3.63, 3.8) is 0 Å². The second-order valence-corrected chi connectivity index (χ2v) is 3.26. The summed E-state index contributed by atoms with van der Waals surface area (Å²) in [7, 11) is 0. The average Bonchev–Trinajstić information content (AvgIpc) is 2.72. The van der Waals surface area contributed by atoms with E-state index in [0.29, 0.717) is 5.69 Å². The van der Waals surface area contributed by atoms with Gasteiger partial charge >= 0.3 is 0 Å². The van der Waals surface area contributed by atoms with E-state index in [-0.39, 0.29) is 13.0 Å². The zero-order chi connectivity index (χ0) is 9.53. The average molecular weight is 185 g/mol. The SMILES string of the molecule is NCC1(c2ccncn2)CC1(F)F. The van der Waals surface area contributed by atoms with Gasteiger partial charge in [-0.2, -0.15) is 0 Å². The highest BCUT2D eigenvalue weighted by Crippen LogP contribution is 2.60. The summed E-state index contributed by atoms with van der Waals surface area (Å²) >= 11 is 0. The summed E-state index contributed by atoms with van der Waals surface area (Å²) in [5.41, 5.74) is 4.45. The van der Waals surface area contributed by atoms with Crippen molar-refractivity contribution < 1.29 is 8.78 Å². The molecule has 0 aromatic carbocycles. The normalized spacial score (nSPS) is 30.1. The maximum Gasteiger partial charge on any atom is 0.261 e. The Hall–Kier alpha value is -1.10. The Morgan fingerprint density at radius 3 is 2.62 bits per heavy atom. The van der Waals surface area contributed by atoms with Gasteiger partial charge in [0.25, 0.3) is 5.92 Å². The number of nitrogens with two attached hydrogens (primary N) is 1. The fraction of sp³-hybridized carbons (Fsp3) is 0.500. The molecule has 0 radical (unpaired) electrons. The van der Waals surface area contributed by atoms with E-state index in [1.165, 1.54) is 18.6 Å². The Balaban J connectivity index is 2.37. The highest BCUT2D eigenvalue weighted by atomic mass is 19.3. The van der Waals surface area contributed by atoms with Crippen molar-refractivity contribution in [2.24, 2.45) is 5.73 Å². The molecule has 1 fully saturated rings. The minimum absolute atomic E-state index is 0.0724. The predicted molar refractivity (Wildman–Crippen MR) is 42.3 cm³/mol. The lowest BCUT2D eigenvalue weighted by molar-refractivity contribution is 0.0886. The maximum atomic E-state index is 13.0. The molecule has 70 valence electrons. The first-order valence-electron chi connectivity index (χ1n) is 3.97. The fourth-order valence-corrected chi connectivity index (χ4v) is 1.51. The zero-order valence-electron chi connectivity index (χ0n) is 6.87. The van der Waals surface area contributed by atoms with Crippen LogP contribution in [-0.4, -0.2) is 22.4 Å². The van der Waals surface area contributed by atoms with Gasteiger partial charge in [0.15, 0.2) is 0 Å². The standard InChI is InChI=1S/C8H9F2N3/c9-8(10)3-7(8,4-11)6-1-2-12-5-13-6/h1-2,5H,3-4,11H2. The fourth-order valence-electron chi connectivity index (χ4n) is 1.51. The van der Waals surface area contributed by atoms with E-state index in [9.17, 15) is 8.78 Å². The molecule has 1 heterocycles. The lowest BCUT2D eigenvalue weighted by Crippen LogP contribution is -2.27. The Bertz CT molecular complexity index is 314. The first-order chi connectivity index (χ1) is 6.12. The van der Waals surface area contributed by atoms with Crippen LogP contribution < -0.4 is 5.73 Å². The molecular formula is C8H9F2N3. The molecule has 0 bridgehead atoms. The van der Waals surface area contributed by atoms with Crippen molar-refractivity contribution in [3.8, 4) is 0 Å². The van der Waals surface area contributed by atoms with Crippen molar-refractivity contribution in [2.75, 3.05) is 6.54 Å². The summed E-state index contributed by atoms with van der Waals surface area (Å²) < 4.78 is 26.0. The smallest absolute Gasteiger partial charge is 0.261 e. The quantitative estimate of drug-likeness (QED) is 0.738. The molecule has 2 rings (SSSR count). The van der Waals surface area contributed by atoms with E-state index in [0.717, 1.165) is 0 Å². The van der Waals surface area contributed by atoms with Crippen molar-refractivity contribution in [1.29, 1.82) is 0 Å². The Morgan fingerprint density at radius 2 is 2.23 bits per heavy atom. The number of aromatic nitrogens is 2. The third-order valence-corrected chi connectivity index (χ3v) is 2.52. The maximum absolute atomic E-state index is 13.0. The van der Waals surface area contributed by atoms with E-state index in [1.807, 2.05) is 0 Å². The van der Waals surface area contributed by atoms with Crippen molar-refractivity contribution >= 4 is 0 Å². The summed E-state index contributed by atoms with van der Waals surface area (Å²) in [5.74, 6) is -2.70. The minimum Gasteiger partial charge on any atom is -0.329 e. The van der Waals surface area contributed by atoms with Crippen LogP contribution in [0.3, 0.4) is 0 Å². The minimum atomic E-state index is -2.70. The van der Waals surface area contributed by atoms with Crippen molar-refractivity contribution in [2.45, 2.75) is 17.8 Å². The molecule has 0 amide bonds. The molecule has 1 aromatic heterocycles. The summed E-state index contributed by atoms with van der Waals surface area (Å²) in [6, 6.07) is 1.49. The number of hydrogen-bond donors (Lipinski definition) is 1. The van der Waals surface area contributed by atoms with Crippen LogP contribution in [0.15, 0.2) is 18.6 Å². The van der Waals surface area contributed by atoms with Gasteiger partial charge < -0.3 is 5.73 Å². The van der Waals surface area contributed by atoms with Crippen LogP contribution in [0, 0.1) is 0 Å². The van der Waals surface area contributed by atoms with Gasteiger partial charge in [0.05, 0.1) is 11.1 Å². The molecule has 0 saturated heterocycles.